The highest BCUT2D eigenvalue weighted by Crippen LogP contribution is 2.21. The lowest BCUT2D eigenvalue weighted by Gasteiger charge is -2.36. The molecule has 2 fully saturated rings. The summed E-state index contributed by atoms with van der Waals surface area (Å²) in [4.78, 5) is 26.7. The maximum atomic E-state index is 12.7. The van der Waals surface area contributed by atoms with E-state index in [4.69, 9.17) is 0 Å². The molecular formula is C19H29ClN4O2. The molecule has 0 saturated carbocycles. The molecule has 0 aromatic heterocycles. The van der Waals surface area contributed by atoms with Gasteiger partial charge in [0.25, 0.3) is 0 Å². The van der Waals surface area contributed by atoms with Crippen molar-refractivity contribution in [3.05, 3.63) is 30.3 Å². The normalized spacial score (nSPS) is 23.7. The fourth-order valence-corrected chi connectivity index (χ4v) is 3.73. The lowest BCUT2D eigenvalue weighted by molar-refractivity contribution is -0.137. The Hall–Kier alpha value is -1.79. The number of likely N-dealkylation sites (tertiary alicyclic amines) is 1. The number of hydrogen-bond donors (Lipinski definition) is 3. The van der Waals surface area contributed by atoms with Gasteiger partial charge in [0.1, 0.15) is 0 Å². The Kier molecular flexibility index (Phi) is 7.72. The summed E-state index contributed by atoms with van der Waals surface area (Å²) in [6.45, 7) is 4.52. The highest BCUT2D eigenvalue weighted by molar-refractivity contribution is 5.89. The summed E-state index contributed by atoms with van der Waals surface area (Å²) in [6, 6.07) is 9.79. The van der Waals surface area contributed by atoms with E-state index in [2.05, 4.69) is 22.9 Å². The van der Waals surface area contributed by atoms with E-state index in [1.165, 1.54) is 0 Å². The third kappa shape index (κ3) is 5.61. The molecule has 3 rings (SSSR count). The van der Waals surface area contributed by atoms with Gasteiger partial charge in [-0.3, -0.25) is 4.79 Å². The van der Waals surface area contributed by atoms with E-state index in [1.807, 2.05) is 35.2 Å². The zero-order valence-electron chi connectivity index (χ0n) is 15.2. The van der Waals surface area contributed by atoms with Gasteiger partial charge in [0.05, 0.1) is 0 Å². The number of anilines is 1. The van der Waals surface area contributed by atoms with E-state index in [0.717, 1.165) is 51.0 Å². The molecule has 2 atom stereocenters. The van der Waals surface area contributed by atoms with Crippen molar-refractivity contribution >= 4 is 30.0 Å². The minimum atomic E-state index is -0.178. The van der Waals surface area contributed by atoms with Crippen LogP contribution in [0.25, 0.3) is 0 Å². The van der Waals surface area contributed by atoms with Crippen molar-refractivity contribution in [1.82, 2.24) is 15.5 Å². The third-order valence-corrected chi connectivity index (χ3v) is 5.15. The lowest BCUT2D eigenvalue weighted by Crippen LogP contribution is -2.50. The fraction of sp³-hybridized carbons (Fsp3) is 0.579. The summed E-state index contributed by atoms with van der Waals surface area (Å²) >= 11 is 0. The van der Waals surface area contributed by atoms with Gasteiger partial charge in [0.2, 0.25) is 5.91 Å². The van der Waals surface area contributed by atoms with Crippen molar-refractivity contribution < 1.29 is 9.59 Å². The number of carbonyl (C=O) groups excluding carboxylic acids is 2. The van der Waals surface area contributed by atoms with Crippen molar-refractivity contribution in [2.45, 2.75) is 44.7 Å². The summed E-state index contributed by atoms with van der Waals surface area (Å²) in [5.74, 6) is 0.447. The second-order valence-electron chi connectivity index (χ2n) is 7.14. The van der Waals surface area contributed by atoms with Crippen molar-refractivity contribution in [3.8, 4) is 0 Å². The maximum Gasteiger partial charge on any atom is 0.319 e. The van der Waals surface area contributed by atoms with E-state index in [9.17, 15) is 9.59 Å². The summed E-state index contributed by atoms with van der Waals surface area (Å²) < 4.78 is 0. The maximum absolute atomic E-state index is 12.7. The molecule has 3 N–H and O–H groups in total. The molecule has 0 spiro atoms. The van der Waals surface area contributed by atoms with Crippen LogP contribution in [0.15, 0.2) is 30.3 Å². The summed E-state index contributed by atoms with van der Waals surface area (Å²) in [6.07, 6.45) is 3.49. The number of piperidine rings is 2. The minimum absolute atomic E-state index is 0. The molecule has 0 radical (unpaired) electrons. The van der Waals surface area contributed by atoms with Crippen LogP contribution in [0.2, 0.25) is 0 Å². The van der Waals surface area contributed by atoms with Gasteiger partial charge in [-0.05, 0) is 51.3 Å². The standard InChI is InChI=1S/C19H28N4O2.ClH/c1-14-13-15(7-10-20-14)18(24)23-11-8-17(9-12-23)22-19(25)21-16-5-3-2-4-6-16;/h2-6,14-15,17,20H,7-13H2,1H3,(H2,21,22,25);1H/t14-,15-;/m0./s1. The first-order valence-corrected chi connectivity index (χ1v) is 9.26. The van der Waals surface area contributed by atoms with Gasteiger partial charge in [0, 0.05) is 36.8 Å². The zero-order chi connectivity index (χ0) is 17.6. The van der Waals surface area contributed by atoms with Crippen LogP contribution in [0.3, 0.4) is 0 Å². The largest absolute Gasteiger partial charge is 0.342 e. The van der Waals surface area contributed by atoms with Crippen molar-refractivity contribution in [3.63, 3.8) is 0 Å². The number of rotatable bonds is 3. The molecule has 26 heavy (non-hydrogen) atoms. The average Bonchev–Trinajstić information content (AvgIpc) is 2.62. The van der Waals surface area contributed by atoms with E-state index < -0.39 is 0 Å². The van der Waals surface area contributed by atoms with Gasteiger partial charge in [-0.1, -0.05) is 18.2 Å². The third-order valence-electron chi connectivity index (χ3n) is 5.15. The van der Waals surface area contributed by atoms with Gasteiger partial charge in [-0.15, -0.1) is 12.4 Å². The first-order valence-electron chi connectivity index (χ1n) is 9.26. The van der Waals surface area contributed by atoms with Crippen molar-refractivity contribution in [2.75, 3.05) is 25.0 Å². The van der Waals surface area contributed by atoms with Gasteiger partial charge in [0.15, 0.2) is 0 Å². The van der Waals surface area contributed by atoms with Crippen LogP contribution < -0.4 is 16.0 Å². The van der Waals surface area contributed by atoms with Crippen LogP contribution in [-0.2, 0) is 4.79 Å². The SMILES string of the molecule is C[C@H]1C[C@@H](C(=O)N2CCC(NC(=O)Nc3ccccc3)CC2)CCN1.Cl. The molecule has 2 aliphatic heterocycles. The van der Waals surface area contributed by atoms with E-state index in [0.29, 0.717) is 11.9 Å². The summed E-state index contributed by atoms with van der Waals surface area (Å²) in [5, 5.41) is 9.25. The van der Waals surface area contributed by atoms with Gasteiger partial charge in [-0.25, -0.2) is 4.79 Å². The second-order valence-corrected chi connectivity index (χ2v) is 7.14. The van der Waals surface area contributed by atoms with E-state index >= 15 is 0 Å². The summed E-state index contributed by atoms with van der Waals surface area (Å²) in [7, 11) is 0. The topological polar surface area (TPSA) is 73.5 Å². The Bertz CT molecular complexity index is 590. The number of hydrogen-bond acceptors (Lipinski definition) is 3. The Morgan fingerprint density at radius 1 is 1.12 bits per heavy atom. The Balaban J connectivity index is 0.00000243. The Morgan fingerprint density at radius 3 is 2.46 bits per heavy atom. The first kappa shape index (κ1) is 20.5. The van der Waals surface area contributed by atoms with Gasteiger partial charge in [-0.2, -0.15) is 0 Å². The van der Waals surface area contributed by atoms with E-state index in [1.54, 1.807) is 0 Å². The highest BCUT2D eigenvalue weighted by Gasteiger charge is 2.31. The van der Waals surface area contributed by atoms with Crippen LogP contribution in [-0.4, -0.2) is 48.6 Å². The molecule has 3 amide bonds. The number of benzene rings is 1. The molecule has 2 saturated heterocycles. The second kappa shape index (κ2) is 9.78. The zero-order valence-corrected chi connectivity index (χ0v) is 16.1. The van der Waals surface area contributed by atoms with Crippen molar-refractivity contribution in [2.24, 2.45) is 5.92 Å². The Labute approximate surface area is 161 Å². The number of nitrogens with one attached hydrogen (secondary N) is 3. The van der Waals surface area contributed by atoms with Gasteiger partial charge < -0.3 is 20.9 Å². The number of amides is 3. The Morgan fingerprint density at radius 2 is 1.81 bits per heavy atom. The molecule has 7 heteroatoms. The number of urea groups is 1. The van der Waals surface area contributed by atoms with E-state index in [-0.39, 0.29) is 30.4 Å². The molecule has 144 valence electrons. The van der Waals surface area contributed by atoms with Crippen LogP contribution >= 0.6 is 12.4 Å². The predicted octanol–water partition coefficient (Wildman–Crippen LogP) is 2.61. The monoisotopic (exact) mass is 380 g/mol. The molecule has 6 nitrogen and oxygen atoms in total. The van der Waals surface area contributed by atoms with Gasteiger partial charge >= 0.3 is 6.03 Å². The lowest BCUT2D eigenvalue weighted by atomic mass is 9.91. The molecule has 0 unspecified atom stereocenters. The number of carbonyl (C=O) groups is 2. The van der Waals surface area contributed by atoms with Crippen molar-refractivity contribution in [1.29, 1.82) is 0 Å². The van der Waals surface area contributed by atoms with Crippen LogP contribution in [0, 0.1) is 5.92 Å². The molecule has 2 aliphatic rings. The molecular weight excluding hydrogens is 352 g/mol. The highest BCUT2D eigenvalue weighted by atomic mass is 35.5. The number of halogens is 1. The molecule has 1 aromatic carbocycles. The summed E-state index contributed by atoms with van der Waals surface area (Å²) in [5.41, 5.74) is 0.785. The van der Waals surface area contributed by atoms with Crippen LogP contribution in [0.5, 0.6) is 0 Å². The number of para-hydroxylation sites is 1. The first-order chi connectivity index (χ1) is 12.1. The minimum Gasteiger partial charge on any atom is -0.342 e. The molecule has 0 bridgehead atoms. The smallest absolute Gasteiger partial charge is 0.319 e. The molecule has 0 aliphatic carbocycles. The fourth-order valence-electron chi connectivity index (χ4n) is 3.73. The molecule has 2 heterocycles. The average molecular weight is 381 g/mol. The number of nitrogens with zero attached hydrogens (tertiary/aromatic N) is 1. The predicted molar refractivity (Wildman–Crippen MR) is 106 cm³/mol. The molecule has 1 aromatic rings. The quantitative estimate of drug-likeness (QED) is 0.754. The van der Waals surface area contributed by atoms with Crippen LogP contribution in [0.4, 0.5) is 10.5 Å². The van der Waals surface area contributed by atoms with Crippen LogP contribution in [0.1, 0.15) is 32.6 Å².